The fourth-order valence-electron chi connectivity index (χ4n) is 4.24. The Kier molecular flexibility index (Phi) is 9.10. The molecule has 1 atom stereocenters. The van der Waals surface area contributed by atoms with Crippen molar-refractivity contribution < 1.29 is 17.9 Å². The quantitative estimate of drug-likeness (QED) is 0.407. The van der Waals surface area contributed by atoms with Crippen molar-refractivity contribution in [3.05, 3.63) is 64.8 Å². The van der Waals surface area contributed by atoms with Gasteiger partial charge < -0.3 is 20.3 Å². The molecule has 0 saturated carbocycles. The molecule has 0 amide bonds. The molecule has 3 aromatic rings. The number of anilines is 2. The van der Waals surface area contributed by atoms with Gasteiger partial charge in [-0.15, -0.1) is 24.8 Å². The molecule has 2 aliphatic rings. The van der Waals surface area contributed by atoms with Crippen LogP contribution in [0.2, 0.25) is 0 Å². The Balaban J connectivity index is 0.00000180. The first kappa shape index (κ1) is 28.0. The van der Waals surface area contributed by atoms with Crippen molar-refractivity contribution in [3.63, 3.8) is 0 Å². The first-order chi connectivity index (χ1) is 16.4. The molecule has 0 aliphatic carbocycles. The summed E-state index contributed by atoms with van der Waals surface area (Å²) in [5, 5.41) is 6.14. The van der Waals surface area contributed by atoms with Gasteiger partial charge in [-0.05, 0) is 42.7 Å². The molecule has 2 aromatic carbocycles. The summed E-state index contributed by atoms with van der Waals surface area (Å²) in [6, 6.07) is 15.5. The number of rotatable bonds is 4. The Bertz CT molecular complexity index is 1220. The number of hydrogen-bond acceptors (Lipinski definition) is 7. The summed E-state index contributed by atoms with van der Waals surface area (Å²) in [5.74, 6) is 1.30. The average molecular weight is 560 g/mol. The summed E-state index contributed by atoms with van der Waals surface area (Å²) in [5.41, 5.74) is 2.78. The summed E-state index contributed by atoms with van der Waals surface area (Å²) >= 11 is 0.617. The summed E-state index contributed by atoms with van der Waals surface area (Å²) in [6.07, 6.45) is -2.77. The van der Waals surface area contributed by atoms with Crippen LogP contribution in [0.4, 0.5) is 29.5 Å². The molecule has 0 unspecified atom stereocenters. The van der Waals surface area contributed by atoms with Gasteiger partial charge in [0.25, 0.3) is 0 Å². The van der Waals surface area contributed by atoms with Crippen molar-refractivity contribution in [1.29, 1.82) is 0 Å². The van der Waals surface area contributed by atoms with E-state index >= 15 is 0 Å². The lowest BCUT2D eigenvalue weighted by Gasteiger charge is -2.35. The second-order valence-corrected chi connectivity index (χ2v) is 9.26. The Morgan fingerprint density at radius 2 is 1.94 bits per heavy atom. The van der Waals surface area contributed by atoms with E-state index in [2.05, 4.69) is 26.6 Å². The number of aliphatic imine (C=N–C) groups is 1. The summed E-state index contributed by atoms with van der Waals surface area (Å²) < 4.78 is 45.7. The molecule has 0 bridgehead atoms. The molecule has 2 aliphatic heterocycles. The van der Waals surface area contributed by atoms with Crippen molar-refractivity contribution in [2.45, 2.75) is 25.1 Å². The SMILES string of the molecule is COc1cccc(CC[C@H]2CN(C3=Nc4ccccc4Nc4sc(C(F)(F)F)nc43)CCN2)c1.Cl.Cl. The first-order valence-electron chi connectivity index (χ1n) is 11.0. The molecule has 36 heavy (non-hydrogen) atoms. The van der Waals surface area contributed by atoms with Crippen LogP contribution in [-0.2, 0) is 12.6 Å². The zero-order valence-corrected chi connectivity index (χ0v) is 21.8. The summed E-state index contributed by atoms with van der Waals surface area (Å²) in [4.78, 5) is 10.8. The van der Waals surface area contributed by atoms with Crippen LogP contribution in [0.15, 0.2) is 53.5 Å². The molecule has 1 fully saturated rings. The number of hydrogen-bond donors (Lipinski definition) is 2. The van der Waals surface area contributed by atoms with Crippen LogP contribution in [0, 0.1) is 0 Å². The normalized spacial score (nSPS) is 16.8. The largest absolute Gasteiger partial charge is 0.497 e. The summed E-state index contributed by atoms with van der Waals surface area (Å²) in [6.45, 7) is 1.97. The van der Waals surface area contributed by atoms with E-state index in [0.29, 0.717) is 53.2 Å². The van der Waals surface area contributed by atoms with Crippen molar-refractivity contribution in [2.75, 3.05) is 32.1 Å². The molecule has 194 valence electrons. The number of aryl methyl sites for hydroxylation is 1. The van der Waals surface area contributed by atoms with Gasteiger partial charge in [-0.3, -0.25) is 0 Å². The molecule has 0 radical (unpaired) electrons. The number of nitrogens with one attached hydrogen (secondary N) is 2. The van der Waals surface area contributed by atoms with Crippen LogP contribution in [0.3, 0.4) is 0 Å². The number of halogens is 5. The van der Waals surface area contributed by atoms with Crippen molar-refractivity contribution in [2.24, 2.45) is 4.99 Å². The average Bonchev–Trinajstić information content (AvgIpc) is 3.20. The lowest BCUT2D eigenvalue weighted by Crippen LogP contribution is -2.53. The number of fused-ring (bicyclic) bond motifs is 2. The van der Waals surface area contributed by atoms with Gasteiger partial charge in [-0.25, -0.2) is 9.98 Å². The Morgan fingerprint density at radius 3 is 2.72 bits per heavy atom. The van der Waals surface area contributed by atoms with E-state index in [1.165, 1.54) is 5.56 Å². The molecular formula is C24H26Cl2F3N5OS. The van der Waals surface area contributed by atoms with Gasteiger partial charge in [0.1, 0.15) is 16.4 Å². The van der Waals surface area contributed by atoms with Gasteiger partial charge in [0.2, 0.25) is 5.01 Å². The Morgan fingerprint density at radius 1 is 1.14 bits per heavy atom. The maximum atomic E-state index is 13.5. The maximum Gasteiger partial charge on any atom is 0.443 e. The van der Waals surface area contributed by atoms with Gasteiger partial charge in [-0.1, -0.05) is 35.6 Å². The van der Waals surface area contributed by atoms with E-state index in [-0.39, 0.29) is 36.5 Å². The van der Waals surface area contributed by atoms with E-state index in [9.17, 15) is 13.2 Å². The highest BCUT2D eigenvalue weighted by atomic mass is 35.5. The van der Waals surface area contributed by atoms with Crippen molar-refractivity contribution in [1.82, 2.24) is 15.2 Å². The highest BCUT2D eigenvalue weighted by Gasteiger charge is 2.38. The number of alkyl halides is 3. The molecule has 1 saturated heterocycles. The fourth-order valence-corrected chi connectivity index (χ4v) is 5.09. The van der Waals surface area contributed by atoms with Crippen LogP contribution in [0.25, 0.3) is 0 Å². The number of methoxy groups -OCH3 is 1. The minimum Gasteiger partial charge on any atom is -0.497 e. The minimum atomic E-state index is -4.51. The van der Waals surface area contributed by atoms with Crippen LogP contribution in [0.5, 0.6) is 5.75 Å². The van der Waals surface area contributed by atoms with E-state index in [1.807, 2.05) is 42.5 Å². The monoisotopic (exact) mass is 559 g/mol. The standard InChI is InChI=1S/C24H24F3N5OS.2ClH/c1-33-17-6-4-5-15(13-17)9-10-16-14-32(12-11-28-16)21-20-22(34-23(31-20)24(25,26)27)30-19-8-3-2-7-18(19)29-21;;/h2-8,13,16,28,30H,9-12,14H2,1H3;2*1H/t16-;;/m0../s1. The van der Waals surface area contributed by atoms with Gasteiger partial charge >= 0.3 is 6.18 Å². The van der Waals surface area contributed by atoms with E-state index < -0.39 is 11.2 Å². The van der Waals surface area contributed by atoms with Gasteiger partial charge in [0, 0.05) is 25.7 Å². The summed E-state index contributed by atoms with van der Waals surface area (Å²) in [7, 11) is 1.65. The molecule has 2 N–H and O–H groups in total. The van der Waals surface area contributed by atoms with E-state index in [0.717, 1.165) is 18.6 Å². The number of para-hydroxylation sites is 2. The second kappa shape index (κ2) is 11.7. The second-order valence-electron chi connectivity index (χ2n) is 8.26. The van der Waals surface area contributed by atoms with Gasteiger partial charge in [0.05, 0.1) is 18.5 Å². The third-order valence-corrected chi connectivity index (χ3v) is 6.95. The first-order valence-corrected chi connectivity index (χ1v) is 11.9. The highest BCUT2D eigenvalue weighted by Crippen LogP contribution is 2.42. The number of amidine groups is 1. The lowest BCUT2D eigenvalue weighted by atomic mass is 10.0. The molecule has 3 heterocycles. The Labute approximate surface area is 223 Å². The van der Waals surface area contributed by atoms with E-state index in [1.54, 1.807) is 7.11 Å². The Hall–Kier alpha value is -2.53. The van der Waals surface area contributed by atoms with Gasteiger partial charge in [-0.2, -0.15) is 13.2 Å². The van der Waals surface area contributed by atoms with Crippen molar-refractivity contribution in [3.8, 4) is 5.75 Å². The molecule has 0 spiro atoms. The van der Waals surface area contributed by atoms with Crippen LogP contribution < -0.4 is 15.4 Å². The smallest absolute Gasteiger partial charge is 0.443 e. The third-order valence-electron chi connectivity index (χ3n) is 5.93. The molecule has 6 nitrogen and oxygen atoms in total. The lowest BCUT2D eigenvalue weighted by molar-refractivity contribution is -0.137. The van der Waals surface area contributed by atoms with Crippen LogP contribution in [0.1, 0.15) is 22.7 Å². The third kappa shape index (κ3) is 6.05. The maximum absolute atomic E-state index is 13.5. The zero-order chi connectivity index (χ0) is 23.7. The number of piperazine rings is 1. The molecule has 5 rings (SSSR count). The number of nitrogens with zero attached hydrogens (tertiary/aromatic N) is 3. The minimum absolute atomic E-state index is 0. The molecule has 12 heteroatoms. The number of ether oxygens (including phenoxy) is 1. The number of aromatic nitrogens is 1. The number of thiazole rings is 1. The van der Waals surface area contributed by atoms with Crippen molar-refractivity contribution >= 4 is 58.4 Å². The number of benzene rings is 2. The zero-order valence-electron chi connectivity index (χ0n) is 19.3. The van der Waals surface area contributed by atoms with E-state index in [4.69, 9.17) is 9.73 Å². The molecule has 1 aromatic heterocycles. The van der Waals surface area contributed by atoms with Crippen LogP contribution in [-0.4, -0.2) is 48.5 Å². The topological polar surface area (TPSA) is 61.8 Å². The molecular weight excluding hydrogens is 534 g/mol. The highest BCUT2D eigenvalue weighted by molar-refractivity contribution is 7.16. The van der Waals surface area contributed by atoms with Gasteiger partial charge in [0.15, 0.2) is 5.84 Å². The predicted octanol–water partition coefficient (Wildman–Crippen LogP) is 6.06. The predicted molar refractivity (Wildman–Crippen MR) is 142 cm³/mol. The van der Waals surface area contributed by atoms with Crippen LogP contribution >= 0.6 is 36.2 Å². The fraction of sp³-hybridized carbons (Fsp3) is 0.333.